The number of fused-ring (bicyclic) bond motifs is 8. The van der Waals surface area contributed by atoms with E-state index in [2.05, 4.69) is 90.1 Å². The highest BCUT2D eigenvalue weighted by molar-refractivity contribution is 7.28. The second-order valence-electron chi connectivity index (χ2n) is 13.7. The molecule has 0 aliphatic heterocycles. The fourth-order valence-electron chi connectivity index (χ4n) is 8.19. The normalized spacial score (nSPS) is 15.0. The van der Waals surface area contributed by atoms with Crippen molar-refractivity contribution >= 4 is 65.5 Å². The van der Waals surface area contributed by atoms with Gasteiger partial charge in [0.1, 0.15) is 0 Å². The van der Waals surface area contributed by atoms with Gasteiger partial charge in [0.15, 0.2) is 0 Å². The van der Waals surface area contributed by atoms with Gasteiger partial charge in [-0.3, -0.25) is 0 Å². The lowest BCUT2D eigenvalue weighted by Crippen LogP contribution is -2.20. The Morgan fingerprint density at radius 2 is 0.913 bits per heavy atom. The predicted molar refractivity (Wildman–Crippen MR) is 198 cm³/mol. The first-order chi connectivity index (χ1) is 22.0. The first kappa shape index (κ1) is 28.2. The molecular formula is C40H28N2S4. The summed E-state index contributed by atoms with van der Waals surface area (Å²) in [7, 11) is 0. The summed E-state index contributed by atoms with van der Waals surface area (Å²) in [6, 6.07) is 26.0. The summed E-state index contributed by atoms with van der Waals surface area (Å²) in [6.45, 7) is 14.4. The summed E-state index contributed by atoms with van der Waals surface area (Å²) >= 11 is 7.50. The van der Waals surface area contributed by atoms with E-state index in [1.165, 1.54) is 83.2 Å². The molecule has 0 bridgehead atoms. The van der Waals surface area contributed by atoms with E-state index in [0.717, 1.165) is 10.8 Å². The maximum atomic E-state index is 9.40. The third-order valence-corrected chi connectivity index (χ3v) is 15.2. The molecule has 3 aromatic carbocycles. The quantitative estimate of drug-likeness (QED) is 0.185. The fourth-order valence-corrected chi connectivity index (χ4v) is 13.3. The van der Waals surface area contributed by atoms with Gasteiger partial charge in [-0.15, -0.1) is 45.3 Å². The van der Waals surface area contributed by atoms with E-state index >= 15 is 0 Å². The van der Waals surface area contributed by atoms with Gasteiger partial charge in [-0.1, -0.05) is 27.7 Å². The van der Waals surface area contributed by atoms with Crippen molar-refractivity contribution in [3.63, 3.8) is 0 Å². The second kappa shape index (κ2) is 9.28. The highest BCUT2D eigenvalue weighted by Gasteiger charge is 2.47. The van der Waals surface area contributed by atoms with Crippen molar-refractivity contribution in [2.24, 2.45) is 0 Å². The highest BCUT2D eigenvalue weighted by atomic mass is 32.1. The standard InChI is InChI=1S/C40H28N2S4/c1-19-33-36(40(5,6)25-15-31(45-37(25)33)29-13-23-11-21(17-41)7-9-27(23)43-29)20(2)34-35(19)39(3,4)26-16-32(46-38(26)34)30-14-24-12-22(18-42)8-10-28(24)44-30/h7-16H,1-6H3. The Morgan fingerprint density at radius 1 is 0.522 bits per heavy atom. The van der Waals surface area contributed by atoms with Crippen LogP contribution in [0.15, 0.2) is 60.7 Å². The van der Waals surface area contributed by atoms with Crippen molar-refractivity contribution in [1.29, 1.82) is 10.5 Å². The Hall–Kier alpha value is -4.04. The van der Waals surface area contributed by atoms with Crippen LogP contribution in [0.2, 0.25) is 0 Å². The average molecular weight is 665 g/mol. The third kappa shape index (κ3) is 3.59. The molecule has 0 spiro atoms. The van der Waals surface area contributed by atoms with Crippen LogP contribution in [0.3, 0.4) is 0 Å². The molecule has 0 atom stereocenters. The van der Waals surface area contributed by atoms with E-state index in [1.807, 2.05) is 69.6 Å². The molecule has 0 amide bonds. The molecule has 0 unspecified atom stereocenters. The van der Waals surface area contributed by atoms with Crippen LogP contribution in [0.5, 0.6) is 0 Å². The zero-order valence-electron chi connectivity index (χ0n) is 26.3. The molecule has 222 valence electrons. The van der Waals surface area contributed by atoms with Crippen LogP contribution in [0.4, 0.5) is 0 Å². The van der Waals surface area contributed by atoms with E-state index in [9.17, 15) is 10.5 Å². The van der Waals surface area contributed by atoms with Crippen LogP contribution in [-0.4, -0.2) is 0 Å². The lowest BCUT2D eigenvalue weighted by atomic mass is 9.74. The van der Waals surface area contributed by atoms with Gasteiger partial charge >= 0.3 is 0 Å². The first-order valence-corrected chi connectivity index (χ1v) is 18.6. The largest absolute Gasteiger partial charge is 0.192 e. The molecule has 4 heterocycles. The van der Waals surface area contributed by atoms with E-state index in [4.69, 9.17) is 0 Å². The summed E-state index contributed by atoms with van der Waals surface area (Å²) in [5, 5.41) is 21.1. The summed E-state index contributed by atoms with van der Waals surface area (Å²) in [6.07, 6.45) is 0. The van der Waals surface area contributed by atoms with Gasteiger partial charge in [-0.2, -0.15) is 10.5 Å². The van der Waals surface area contributed by atoms with Crippen LogP contribution in [-0.2, 0) is 10.8 Å². The molecule has 9 rings (SSSR count). The minimum absolute atomic E-state index is 0.106. The van der Waals surface area contributed by atoms with Crippen molar-refractivity contribution in [1.82, 2.24) is 0 Å². The molecule has 2 aliphatic rings. The second-order valence-corrected chi connectivity index (χ2v) is 17.9. The van der Waals surface area contributed by atoms with E-state index in [1.54, 1.807) is 0 Å². The molecule has 46 heavy (non-hydrogen) atoms. The minimum Gasteiger partial charge on any atom is -0.192 e. The van der Waals surface area contributed by atoms with E-state index in [-0.39, 0.29) is 10.8 Å². The van der Waals surface area contributed by atoms with Crippen LogP contribution < -0.4 is 0 Å². The van der Waals surface area contributed by atoms with Crippen molar-refractivity contribution in [2.75, 3.05) is 0 Å². The molecular weight excluding hydrogens is 637 g/mol. The molecule has 0 saturated heterocycles. The van der Waals surface area contributed by atoms with Crippen LogP contribution in [0.1, 0.15) is 72.2 Å². The number of benzene rings is 3. The lowest BCUT2D eigenvalue weighted by molar-refractivity contribution is 0.646. The number of thiophene rings is 4. The molecule has 7 aromatic rings. The Balaban J connectivity index is 1.20. The minimum atomic E-state index is -0.106. The molecule has 4 aromatic heterocycles. The summed E-state index contributed by atoms with van der Waals surface area (Å²) in [5.74, 6) is 0. The zero-order chi connectivity index (χ0) is 31.9. The van der Waals surface area contributed by atoms with E-state index in [0.29, 0.717) is 11.1 Å². The Bertz CT molecular complexity index is 2400. The van der Waals surface area contributed by atoms with Gasteiger partial charge < -0.3 is 0 Å². The maximum Gasteiger partial charge on any atom is 0.0991 e. The monoisotopic (exact) mass is 664 g/mol. The van der Waals surface area contributed by atoms with Crippen molar-refractivity contribution in [3.05, 3.63) is 105 Å². The average Bonchev–Trinajstić information content (AvgIpc) is 3.86. The van der Waals surface area contributed by atoms with Gasteiger partial charge in [0.25, 0.3) is 0 Å². The number of hydrogen-bond donors (Lipinski definition) is 0. The van der Waals surface area contributed by atoms with Gasteiger partial charge in [0.05, 0.1) is 23.3 Å². The first-order valence-electron chi connectivity index (χ1n) is 15.4. The Morgan fingerprint density at radius 3 is 1.30 bits per heavy atom. The molecule has 2 nitrogen and oxygen atoms in total. The zero-order valence-corrected chi connectivity index (χ0v) is 29.6. The highest BCUT2D eigenvalue weighted by Crippen LogP contribution is 2.64. The van der Waals surface area contributed by atoms with Crippen molar-refractivity contribution in [2.45, 2.75) is 52.4 Å². The molecule has 0 radical (unpaired) electrons. The number of rotatable bonds is 2. The molecule has 0 saturated carbocycles. The molecule has 0 N–H and O–H groups in total. The Kier molecular flexibility index (Phi) is 5.69. The predicted octanol–water partition coefficient (Wildman–Crippen LogP) is 12.5. The van der Waals surface area contributed by atoms with Gasteiger partial charge in [-0.25, -0.2) is 0 Å². The van der Waals surface area contributed by atoms with Gasteiger partial charge in [0, 0.05) is 49.5 Å². The lowest BCUT2D eigenvalue weighted by Gasteiger charge is -2.29. The van der Waals surface area contributed by atoms with E-state index < -0.39 is 0 Å². The summed E-state index contributed by atoms with van der Waals surface area (Å²) < 4.78 is 2.45. The topological polar surface area (TPSA) is 47.6 Å². The smallest absolute Gasteiger partial charge is 0.0991 e. The van der Waals surface area contributed by atoms with Crippen LogP contribution >= 0.6 is 45.3 Å². The van der Waals surface area contributed by atoms with Crippen molar-refractivity contribution in [3.8, 4) is 52.5 Å². The molecule has 0 fully saturated rings. The number of hydrogen-bond acceptors (Lipinski definition) is 6. The van der Waals surface area contributed by atoms with Crippen LogP contribution in [0, 0.1) is 36.5 Å². The van der Waals surface area contributed by atoms with Crippen LogP contribution in [0.25, 0.3) is 60.6 Å². The summed E-state index contributed by atoms with van der Waals surface area (Å²) in [5.41, 5.74) is 12.8. The molecule has 2 aliphatic carbocycles. The SMILES string of the molecule is Cc1c2c(c(C)c3c1C(C)(C)c1cc(-c4cc5cc(C#N)ccc5s4)sc1-3)C(C)(C)c1cc(-c3cc4cc(C#N)ccc4s3)sc1-2. The third-order valence-electron chi connectivity index (χ3n) is 10.3. The summed E-state index contributed by atoms with van der Waals surface area (Å²) in [4.78, 5) is 8.02. The van der Waals surface area contributed by atoms with Crippen molar-refractivity contribution < 1.29 is 0 Å². The number of nitrogens with zero attached hydrogens (tertiary/aromatic N) is 2. The Labute approximate surface area is 284 Å². The molecule has 6 heteroatoms. The fraction of sp³-hybridized carbons (Fsp3) is 0.200. The number of nitriles is 2. The maximum absolute atomic E-state index is 9.40. The van der Waals surface area contributed by atoms with Gasteiger partial charge in [-0.05, 0) is 130 Å². The van der Waals surface area contributed by atoms with Gasteiger partial charge in [0.2, 0.25) is 0 Å².